The van der Waals surface area contributed by atoms with Crippen LogP contribution in [0.25, 0.3) is 10.9 Å². The number of sulfonamides is 1. The Balaban J connectivity index is 1.38. The average Bonchev–Trinajstić information content (AvgIpc) is 4.04. The molecule has 2 aromatic rings. The van der Waals surface area contributed by atoms with Gasteiger partial charge in [0.1, 0.15) is 11.9 Å². The molecule has 1 aromatic carbocycles. The summed E-state index contributed by atoms with van der Waals surface area (Å²) in [7, 11) is -1.41. The number of halogens is 4. The highest BCUT2D eigenvalue weighted by atomic mass is 32.2. The Morgan fingerprint density at radius 1 is 1.03 bits per heavy atom. The van der Waals surface area contributed by atoms with E-state index in [-0.39, 0.29) is 53.6 Å². The summed E-state index contributed by atoms with van der Waals surface area (Å²) in [6, 6.07) is 2.67. The molecule has 2 aliphatic heterocycles. The zero-order valence-corrected chi connectivity index (χ0v) is 35.6. The Kier molecular flexibility index (Phi) is 12.3. The van der Waals surface area contributed by atoms with Gasteiger partial charge < -0.3 is 23.8 Å². The SMILES string of the molecule is COc1cc(O[C@@H]2C[C@H]3C(=O)C[C@]4(C(=O)NS(=O)(=O)C5(C)CC5)C[C@H]4/C=C\CC[C@@H](C)C[C@@H](C)[C@H](CC(=O)OC(C)(C)C(F)(F)F)C(=O)N3C2)c2cc(F)c(OC)cc2n1. The number of amides is 2. The number of fused-ring (bicyclic) bond motifs is 3. The number of pyridine rings is 1. The molecule has 2 aliphatic carbocycles. The van der Waals surface area contributed by atoms with Crippen LogP contribution in [-0.4, -0.2) is 91.3 Å². The van der Waals surface area contributed by atoms with Crippen molar-refractivity contribution >= 4 is 44.5 Å². The summed E-state index contributed by atoms with van der Waals surface area (Å²) >= 11 is 0. The highest BCUT2D eigenvalue weighted by Crippen LogP contribution is 2.58. The van der Waals surface area contributed by atoms with Crippen molar-refractivity contribution in [2.24, 2.45) is 29.1 Å². The van der Waals surface area contributed by atoms with Gasteiger partial charge in [-0.15, -0.1) is 0 Å². The molecule has 4 aliphatic rings. The average molecular weight is 868 g/mol. The summed E-state index contributed by atoms with van der Waals surface area (Å²) in [5.41, 5.74) is -4.03. The number of ketones is 1. The molecule has 1 N–H and O–H groups in total. The van der Waals surface area contributed by atoms with Crippen molar-refractivity contribution in [2.75, 3.05) is 20.8 Å². The molecule has 0 bridgehead atoms. The van der Waals surface area contributed by atoms with Gasteiger partial charge in [0.05, 0.1) is 54.8 Å². The van der Waals surface area contributed by atoms with E-state index >= 15 is 4.39 Å². The Labute approximate surface area is 346 Å². The van der Waals surface area contributed by atoms with Gasteiger partial charge in [0.2, 0.25) is 33.3 Å². The van der Waals surface area contributed by atoms with E-state index in [0.717, 1.165) is 6.07 Å². The van der Waals surface area contributed by atoms with E-state index in [4.69, 9.17) is 18.9 Å². The zero-order valence-electron chi connectivity index (χ0n) is 34.8. The highest BCUT2D eigenvalue weighted by molar-refractivity contribution is 7.91. The van der Waals surface area contributed by atoms with Crippen molar-refractivity contribution in [1.82, 2.24) is 14.6 Å². The summed E-state index contributed by atoms with van der Waals surface area (Å²) in [5, 5.41) is 0.223. The van der Waals surface area contributed by atoms with Crippen LogP contribution in [0.5, 0.6) is 17.4 Å². The van der Waals surface area contributed by atoms with E-state index in [1.807, 2.05) is 19.1 Å². The summed E-state index contributed by atoms with van der Waals surface area (Å²) in [4.78, 5) is 62.5. The van der Waals surface area contributed by atoms with Crippen molar-refractivity contribution in [3.05, 3.63) is 36.2 Å². The first-order valence-electron chi connectivity index (χ1n) is 20.2. The topological polar surface area (TPSA) is 168 Å². The second kappa shape index (κ2) is 16.4. The van der Waals surface area contributed by atoms with Crippen LogP contribution in [0.15, 0.2) is 30.4 Å². The number of hydrogen-bond donors (Lipinski definition) is 1. The van der Waals surface area contributed by atoms with E-state index in [1.165, 1.54) is 31.3 Å². The van der Waals surface area contributed by atoms with Gasteiger partial charge >= 0.3 is 12.1 Å². The van der Waals surface area contributed by atoms with Crippen LogP contribution in [0.4, 0.5) is 17.6 Å². The molecular weight excluding hydrogens is 815 g/mol. The van der Waals surface area contributed by atoms with Crippen molar-refractivity contribution in [3.63, 3.8) is 0 Å². The van der Waals surface area contributed by atoms with Crippen LogP contribution in [0.1, 0.15) is 92.4 Å². The lowest BCUT2D eigenvalue weighted by molar-refractivity contribution is -0.257. The number of methoxy groups -OCH3 is 2. The fourth-order valence-corrected chi connectivity index (χ4v) is 9.69. The summed E-state index contributed by atoms with van der Waals surface area (Å²) in [6.45, 7) is 6.41. The minimum absolute atomic E-state index is 0.0227. The first kappa shape index (κ1) is 45.1. The van der Waals surface area contributed by atoms with E-state index in [0.29, 0.717) is 46.0 Å². The maximum absolute atomic E-state index is 15.0. The fraction of sp³-hybridized carbons (Fsp3) is 0.643. The molecule has 0 unspecified atom stereocenters. The van der Waals surface area contributed by atoms with Gasteiger partial charge in [-0.2, -0.15) is 13.2 Å². The number of benzene rings is 1. The first-order valence-corrected chi connectivity index (χ1v) is 21.7. The Hall–Kier alpha value is -4.48. The molecule has 330 valence electrons. The van der Waals surface area contributed by atoms with Crippen LogP contribution in [0, 0.1) is 34.9 Å². The summed E-state index contributed by atoms with van der Waals surface area (Å²) in [6.07, 6.45) is -0.876. The van der Waals surface area contributed by atoms with E-state index in [9.17, 15) is 40.8 Å². The van der Waals surface area contributed by atoms with Crippen LogP contribution >= 0.6 is 0 Å². The number of esters is 1. The zero-order chi connectivity index (χ0) is 44.2. The number of ether oxygens (including phenoxy) is 4. The molecule has 3 fully saturated rings. The van der Waals surface area contributed by atoms with Crippen LogP contribution in [0.2, 0.25) is 0 Å². The van der Waals surface area contributed by atoms with Gasteiger partial charge in [-0.05, 0) is 83.1 Å². The second-order valence-electron chi connectivity index (χ2n) is 17.8. The summed E-state index contributed by atoms with van der Waals surface area (Å²) < 4.78 is 106. The lowest BCUT2D eigenvalue weighted by atomic mass is 9.82. The van der Waals surface area contributed by atoms with E-state index in [2.05, 4.69) is 9.71 Å². The molecule has 2 saturated carbocycles. The van der Waals surface area contributed by atoms with E-state index < -0.39 is 104 Å². The number of allylic oxidation sites excluding steroid dienone is 2. The van der Waals surface area contributed by atoms with Crippen LogP contribution < -0.4 is 18.9 Å². The number of carbonyl (C=O) groups is 4. The predicted molar refractivity (Wildman–Crippen MR) is 210 cm³/mol. The largest absolute Gasteiger partial charge is 0.494 e. The number of nitrogens with one attached hydrogen (secondary N) is 1. The maximum atomic E-state index is 15.0. The molecule has 6 rings (SSSR count). The number of nitrogens with zero attached hydrogens (tertiary/aromatic N) is 2. The normalized spacial score (nSPS) is 29.0. The minimum Gasteiger partial charge on any atom is -0.494 e. The maximum Gasteiger partial charge on any atom is 0.427 e. The summed E-state index contributed by atoms with van der Waals surface area (Å²) in [5.74, 6) is -6.21. The molecule has 3 heterocycles. The molecule has 1 aromatic heterocycles. The Morgan fingerprint density at radius 3 is 2.37 bits per heavy atom. The number of alkyl halides is 3. The third-order valence-corrected chi connectivity index (χ3v) is 14.9. The number of hydrogen-bond acceptors (Lipinski definition) is 11. The monoisotopic (exact) mass is 867 g/mol. The van der Waals surface area contributed by atoms with Crippen molar-refractivity contribution in [2.45, 2.75) is 121 Å². The van der Waals surface area contributed by atoms with E-state index in [1.54, 1.807) is 13.8 Å². The molecule has 0 spiro atoms. The Morgan fingerprint density at radius 2 is 1.73 bits per heavy atom. The number of aromatic nitrogens is 1. The predicted octanol–water partition coefficient (Wildman–Crippen LogP) is 6.61. The number of carbonyl (C=O) groups excluding carboxylic acids is 4. The van der Waals surface area contributed by atoms with Gasteiger partial charge in [-0.3, -0.25) is 23.9 Å². The molecular formula is C42H53F4N3O10S. The lowest BCUT2D eigenvalue weighted by Crippen LogP contribution is -2.48. The van der Waals surface area contributed by atoms with Crippen LogP contribution in [-0.2, 0) is 33.9 Å². The molecule has 0 radical (unpaired) electrons. The number of rotatable bonds is 10. The van der Waals surface area contributed by atoms with Gasteiger partial charge in [0.15, 0.2) is 17.3 Å². The minimum atomic E-state index is -4.90. The second-order valence-corrected chi connectivity index (χ2v) is 20.0. The molecule has 18 heteroatoms. The molecule has 7 atom stereocenters. The van der Waals surface area contributed by atoms with Gasteiger partial charge in [0.25, 0.3) is 0 Å². The molecule has 60 heavy (non-hydrogen) atoms. The van der Waals surface area contributed by atoms with Gasteiger partial charge in [-0.1, -0.05) is 26.0 Å². The quantitative estimate of drug-likeness (QED) is 0.155. The molecule has 13 nitrogen and oxygen atoms in total. The lowest BCUT2D eigenvalue weighted by Gasteiger charge is -2.33. The molecule has 1 saturated heterocycles. The van der Waals surface area contributed by atoms with Crippen molar-refractivity contribution < 1.29 is 64.1 Å². The fourth-order valence-electron chi connectivity index (χ4n) is 8.36. The third-order valence-electron chi connectivity index (χ3n) is 12.8. The van der Waals surface area contributed by atoms with Gasteiger partial charge in [0, 0.05) is 30.4 Å². The Bertz CT molecular complexity index is 2180. The standard InChI is InChI=1S/C42H53F4N3O10S/c1-23-10-8-9-11-25-20-41(25,38(53)48-60(54,55)40(5)12-13-40)21-32(50)31-15-26(58-33-19-35(57-7)47-30-18-34(56-6)29(43)16-28(30)33)22-49(31)37(52)27(24(2)14-23)17-36(51)59-39(3,4)42(44,45)46/h9,11,16,18-19,23-27,31H,8,10,12-15,17,20-22H2,1-7H3,(H,48,53)/b11-9-/t23-,24-,25-,26-,27+,31+,41-/m1/s1. The number of Topliss-reactive ketones (excluding diaryl/α,β-unsaturated/α-hetero) is 1. The molecule has 2 amide bonds. The third kappa shape index (κ3) is 9.08. The van der Waals surface area contributed by atoms with Crippen LogP contribution in [0.3, 0.4) is 0 Å². The van der Waals surface area contributed by atoms with Crippen molar-refractivity contribution in [1.29, 1.82) is 0 Å². The highest BCUT2D eigenvalue weighted by Gasteiger charge is 2.63. The first-order chi connectivity index (χ1) is 27.9. The smallest absolute Gasteiger partial charge is 0.427 e. The van der Waals surface area contributed by atoms with Crippen molar-refractivity contribution in [3.8, 4) is 17.4 Å². The van der Waals surface area contributed by atoms with Gasteiger partial charge in [-0.25, -0.2) is 17.8 Å².